The summed E-state index contributed by atoms with van der Waals surface area (Å²) in [6.07, 6.45) is 0.941. The summed E-state index contributed by atoms with van der Waals surface area (Å²) in [5.41, 5.74) is 1.25. The number of hydrogen-bond acceptors (Lipinski definition) is 2. The average molecular weight is 281 g/mol. The summed E-state index contributed by atoms with van der Waals surface area (Å²) in [6, 6.07) is 9.64. The molecular formula is C15H14ClFO2. The first kappa shape index (κ1) is 13.7. The molecule has 4 heteroatoms. The molecule has 2 aromatic carbocycles. The highest BCUT2D eigenvalue weighted by Crippen LogP contribution is 2.34. The lowest BCUT2D eigenvalue weighted by molar-refractivity contribution is 0.317. The van der Waals surface area contributed by atoms with Gasteiger partial charge in [0, 0.05) is 11.6 Å². The number of phenolic OH excluding ortho intramolecular Hbond substituents is 1. The Balaban J connectivity index is 2.29. The second-order valence-electron chi connectivity index (χ2n) is 4.16. The molecular weight excluding hydrogens is 267 g/mol. The van der Waals surface area contributed by atoms with Gasteiger partial charge in [-0.2, -0.15) is 0 Å². The van der Waals surface area contributed by atoms with Gasteiger partial charge in [-0.15, -0.1) is 0 Å². The Bertz CT molecular complexity index is 567. The Morgan fingerprint density at radius 1 is 1.21 bits per heavy atom. The molecule has 0 heterocycles. The fourth-order valence-electron chi connectivity index (χ4n) is 1.72. The van der Waals surface area contributed by atoms with E-state index < -0.39 is 5.82 Å². The number of rotatable bonds is 4. The van der Waals surface area contributed by atoms with Gasteiger partial charge in [-0.1, -0.05) is 30.7 Å². The van der Waals surface area contributed by atoms with Gasteiger partial charge in [-0.3, -0.25) is 0 Å². The summed E-state index contributed by atoms with van der Waals surface area (Å²) < 4.78 is 18.6. The van der Waals surface area contributed by atoms with Crippen molar-refractivity contribution in [1.82, 2.24) is 0 Å². The van der Waals surface area contributed by atoms with Crippen LogP contribution in [-0.2, 0) is 0 Å². The van der Waals surface area contributed by atoms with Crippen molar-refractivity contribution in [2.24, 2.45) is 0 Å². The molecule has 0 aromatic heterocycles. The molecule has 2 nitrogen and oxygen atoms in total. The molecule has 0 amide bonds. The fraction of sp³-hybridized carbons (Fsp3) is 0.200. The van der Waals surface area contributed by atoms with Gasteiger partial charge in [0.25, 0.3) is 0 Å². The first-order valence-corrected chi connectivity index (χ1v) is 6.41. The Kier molecular flexibility index (Phi) is 4.27. The van der Waals surface area contributed by atoms with E-state index in [0.717, 1.165) is 23.8 Å². The zero-order chi connectivity index (χ0) is 13.8. The molecule has 2 aromatic rings. The first-order valence-electron chi connectivity index (χ1n) is 6.03. The van der Waals surface area contributed by atoms with Crippen LogP contribution in [0.25, 0.3) is 11.1 Å². The van der Waals surface area contributed by atoms with Crippen LogP contribution >= 0.6 is 11.6 Å². The maximum Gasteiger partial charge on any atom is 0.145 e. The molecule has 0 aliphatic rings. The van der Waals surface area contributed by atoms with E-state index in [1.807, 2.05) is 19.1 Å². The Hall–Kier alpha value is -1.74. The van der Waals surface area contributed by atoms with E-state index in [9.17, 15) is 9.50 Å². The molecule has 0 radical (unpaired) electrons. The number of phenols is 1. The molecule has 0 saturated heterocycles. The van der Waals surface area contributed by atoms with Gasteiger partial charge in [0.1, 0.15) is 17.3 Å². The highest BCUT2D eigenvalue weighted by Gasteiger charge is 2.09. The van der Waals surface area contributed by atoms with Crippen molar-refractivity contribution >= 4 is 11.6 Å². The quantitative estimate of drug-likeness (QED) is 0.884. The topological polar surface area (TPSA) is 29.5 Å². The maximum atomic E-state index is 13.2. The van der Waals surface area contributed by atoms with Crippen LogP contribution in [-0.4, -0.2) is 11.7 Å². The van der Waals surface area contributed by atoms with E-state index in [-0.39, 0.29) is 10.8 Å². The molecule has 0 spiro atoms. The highest BCUT2D eigenvalue weighted by molar-refractivity contribution is 6.31. The molecule has 0 unspecified atom stereocenters. The van der Waals surface area contributed by atoms with E-state index in [1.165, 1.54) is 6.07 Å². The third kappa shape index (κ3) is 3.18. The van der Waals surface area contributed by atoms with Crippen LogP contribution in [0, 0.1) is 5.82 Å². The third-order valence-corrected chi connectivity index (χ3v) is 2.97. The van der Waals surface area contributed by atoms with Gasteiger partial charge in [0.15, 0.2) is 0 Å². The molecule has 0 atom stereocenters. The molecule has 100 valence electrons. The molecule has 0 saturated carbocycles. The normalized spacial score (nSPS) is 10.5. The molecule has 0 fully saturated rings. The van der Waals surface area contributed by atoms with Crippen molar-refractivity contribution in [3.05, 3.63) is 47.2 Å². The van der Waals surface area contributed by atoms with E-state index >= 15 is 0 Å². The van der Waals surface area contributed by atoms with E-state index in [2.05, 4.69) is 0 Å². The summed E-state index contributed by atoms with van der Waals surface area (Å²) in [7, 11) is 0. The van der Waals surface area contributed by atoms with Crippen LogP contribution in [0.5, 0.6) is 11.5 Å². The first-order chi connectivity index (χ1) is 9.11. The van der Waals surface area contributed by atoms with Gasteiger partial charge in [0.2, 0.25) is 0 Å². The number of halogens is 2. The van der Waals surface area contributed by atoms with E-state index in [1.54, 1.807) is 12.1 Å². The zero-order valence-corrected chi connectivity index (χ0v) is 11.2. The highest BCUT2D eigenvalue weighted by atomic mass is 35.5. The van der Waals surface area contributed by atoms with Crippen molar-refractivity contribution in [1.29, 1.82) is 0 Å². The second-order valence-corrected chi connectivity index (χ2v) is 4.56. The van der Waals surface area contributed by atoms with Gasteiger partial charge in [0.05, 0.1) is 11.6 Å². The minimum atomic E-state index is -0.634. The van der Waals surface area contributed by atoms with Crippen LogP contribution in [0.1, 0.15) is 13.3 Å². The maximum absolute atomic E-state index is 13.2. The molecule has 0 aliphatic heterocycles. The van der Waals surface area contributed by atoms with Crippen LogP contribution in [0.15, 0.2) is 36.4 Å². The standard InChI is InChI=1S/C15H14ClFO2/c1-2-7-19-11-5-3-10(4-6-11)12-8-13(16)14(17)9-15(12)18/h3-6,8-9,18H,2,7H2,1H3. The van der Waals surface area contributed by atoms with Crippen LogP contribution < -0.4 is 4.74 Å². The fourth-order valence-corrected chi connectivity index (χ4v) is 1.88. The van der Waals surface area contributed by atoms with Gasteiger partial charge < -0.3 is 9.84 Å². The SMILES string of the molecule is CCCOc1ccc(-c2cc(Cl)c(F)cc2O)cc1. The molecule has 0 aliphatic carbocycles. The van der Waals surface area contributed by atoms with Gasteiger partial charge in [-0.05, 0) is 30.2 Å². The van der Waals surface area contributed by atoms with Crippen molar-refractivity contribution in [3.63, 3.8) is 0 Å². The van der Waals surface area contributed by atoms with Crippen molar-refractivity contribution < 1.29 is 14.2 Å². The summed E-state index contributed by atoms with van der Waals surface area (Å²) in [4.78, 5) is 0. The second kappa shape index (κ2) is 5.93. The summed E-state index contributed by atoms with van der Waals surface area (Å²) in [5, 5.41) is 9.74. The molecule has 2 rings (SSSR count). The smallest absolute Gasteiger partial charge is 0.145 e. The predicted molar refractivity (Wildman–Crippen MR) is 74.3 cm³/mol. The average Bonchev–Trinajstić information content (AvgIpc) is 2.41. The summed E-state index contributed by atoms with van der Waals surface area (Å²) in [5.74, 6) is -0.00626. The Labute approximate surface area is 116 Å². The summed E-state index contributed by atoms with van der Waals surface area (Å²) in [6.45, 7) is 2.69. The van der Waals surface area contributed by atoms with E-state index in [4.69, 9.17) is 16.3 Å². The predicted octanol–water partition coefficient (Wildman–Crippen LogP) is 4.64. The Morgan fingerprint density at radius 2 is 1.89 bits per heavy atom. The minimum Gasteiger partial charge on any atom is -0.507 e. The van der Waals surface area contributed by atoms with Crippen LogP contribution in [0.3, 0.4) is 0 Å². The summed E-state index contributed by atoms with van der Waals surface area (Å²) >= 11 is 5.72. The van der Waals surface area contributed by atoms with Gasteiger partial charge in [-0.25, -0.2) is 4.39 Å². The van der Waals surface area contributed by atoms with Crippen molar-refractivity contribution in [2.45, 2.75) is 13.3 Å². The zero-order valence-electron chi connectivity index (χ0n) is 10.5. The number of hydrogen-bond donors (Lipinski definition) is 1. The largest absolute Gasteiger partial charge is 0.507 e. The Morgan fingerprint density at radius 3 is 2.53 bits per heavy atom. The monoisotopic (exact) mass is 280 g/mol. The number of aromatic hydroxyl groups is 1. The van der Waals surface area contributed by atoms with Crippen molar-refractivity contribution in [3.8, 4) is 22.6 Å². The van der Waals surface area contributed by atoms with Crippen LogP contribution in [0.4, 0.5) is 4.39 Å². The van der Waals surface area contributed by atoms with E-state index in [0.29, 0.717) is 12.2 Å². The lowest BCUT2D eigenvalue weighted by Crippen LogP contribution is -1.94. The lowest BCUT2D eigenvalue weighted by atomic mass is 10.0. The lowest BCUT2D eigenvalue weighted by Gasteiger charge is -2.08. The molecule has 19 heavy (non-hydrogen) atoms. The number of benzene rings is 2. The molecule has 0 bridgehead atoms. The minimum absolute atomic E-state index is 0.0147. The molecule has 1 N–H and O–H groups in total. The number of ether oxygens (including phenoxy) is 1. The van der Waals surface area contributed by atoms with Crippen molar-refractivity contribution in [2.75, 3.05) is 6.61 Å². The third-order valence-electron chi connectivity index (χ3n) is 2.68. The van der Waals surface area contributed by atoms with Crippen LogP contribution in [0.2, 0.25) is 5.02 Å². The van der Waals surface area contributed by atoms with Gasteiger partial charge >= 0.3 is 0 Å².